The fraction of sp³-hybridized carbons (Fsp3) is 0.227. The van der Waals surface area contributed by atoms with Crippen LogP contribution in [0.25, 0.3) is 0 Å². The van der Waals surface area contributed by atoms with Crippen molar-refractivity contribution in [3.05, 3.63) is 88.8 Å². The Balaban J connectivity index is 1.91. The summed E-state index contributed by atoms with van der Waals surface area (Å²) in [5.41, 5.74) is -0.377. The number of nitrogens with one attached hydrogen (secondary N) is 1. The molecule has 0 radical (unpaired) electrons. The molecule has 3 rings (SSSR count). The van der Waals surface area contributed by atoms with E-state index in [9.17, 15) is 26.4 Å². The lowest BCUT2D eigenvalue weighted by atomic mass is 10.1. The Kier molecular flexibility index (Phi) is 7.51. The van der Waals surface area contributed by atoms with E-state index in [0.29, 0.717) is 12.1 Å². The summed E-state index contributed by atoms with van der Waals surface area (Å²) in [6.45, 7) is 0.685. The predicted octanol–water partition coefficient (Wildman–Crippen LogP) is 5.02. The lowest BCUT2D eigenvalue weighted by Crippen LogP contribution is -2.41. The molecule has 0 saturated heterocycles. The van der Waals surface area contributed by atoms with Crippen molar-refractivity contribution < 1.29 is 30.8 Å². The van der Waals surface area contributed by atoms with E-state index in [1.54, 1.807) is 31.2 Å². The Labute approximate surface area is 194 Å². The summed E-state index contributed by atoms with van der Waals surface area (Å²) in [6.07, 6.45) is -3.46. The molecular formula is C22H20ClF3N2O4S. The van der Waals surface area contributed by atoms with Crippen molar-refractivity contribution in [3.8, 4) is 0 Å². The molecule has 1 aromatic heterocycles. The van der Waals surface area contributed by atoms with Gasteiger partial charge in [0.2, 0.25) is 15.9 Å². The van der Waals surface area contributed by atoms with Gasteiger partial charge in [-0.2, -0.15) is 17.5 Å². The summed E-state index contributed by atoms with van der Waals surface area (Å²) in [6, 6.07) is 13.6. The van der Waals surface area contributed by atoms with Crippen LogP contribution in [0.15, 0.2) is 76.2 Å². The highest BCUT2D eigenvalue weighted by molar-refractivity contribution is 7.89. The Morgan fingerprint density at radius 3 is 2.42 bits per heavy atom. The maximum Gasteiger partial charge on any atom is 0.416 e. The first-order valence-corrected chi connectivity index (χ1v) is 11.5. The number of hydrogen-bond acceptors (Lipinski definition) is 4. The van der Waals surface area contributed by atoms with E-state index in [2.05, 4.69) is 5.32 Å². The van der Waals surface area contributed by atoms with Crippen LogP contribution in [0.1, 0.15) is 29.9 Å². The molecule has 0 aliphatic heterocycles. The SMILES string of the molecule is CC(NC(=O)CN(Cc1ccco1)S(=O)(=O)c1cc(C(F)(F)F)ccc1Cl)c1ccccc1. The molecule has 6 nitrogen and oxygen atoms in total. The minimum Gasteiger partial charge on any atom is -0.468 e. The fourth-order valence-electron chi connectivity index (χ4n) is 3.09. The highest BCUT2D eigenvalue weighted by Gasteiger charge is 2.35. The van der Waals surface area contributed by atoms with Crippen LogP contribution in [0.3, 0.4) is 0 Å². The minimum atomic E-state index is -4.77. The number of rotatable bonds is 8. The van der Waals surface area contributed by atoms with Crippen molar-refractivity contribution in [2.24, 2.45) is 0 Å². The molecule has 1 unspecified atom stereocenters. The second-order valence-corrected chi connectivity index (χ2v) is 9.51. The van der Waals surface area contributed by atoms with Gasteiger partial charge in [0.15, 0.2) is 0 Å². The highest BCUT2D eigenvalue weighted by atomic mass is 35.5. The van der Waals surface area contributed by atoms with Gasteiger partial charge in [0.05, 0.1) is 36.0 Å². The first kappa shape index (κ1) is 24.8. The third-order valence-corrected chi connectivity index (χ3v) is 7.06. The van der Waals surface area contributed by atoms with Gasteiger partial charge in [-0.1, -0.05) is 41.9 Å². The Bertz CT molecular complexity index is 1200. The van der Waals surface area contributed by atoms with Crippen LogP contribution in [-0.2, 0) is 27.5 Å². The van der Waals surface area contributed by atoms with Crippen LogP contribution in [0.4, 0.5) is 13.2 Å². The van der Waals surface area contributed by atoms with E-state index < -0.39 is 50.2 Å². The lowest BCUT2D eigenvalue weighted by molar-refractivity contribution is -0.137. The maximum absolute atomic E-state index is 13.3. The summed E-state index contributed by atoms with van der Waals surface area (Å²) in [7, 11) is -4.61. The van der Waals surface area contributed by atoms with Gasteiger partial charge in [0, 0.05) is 0 Å². The maximum atomic E-state index is 13.3. The number of furan rings is 1. The van der Waals surface area contributed by atoms with Gasteiger partial charge in [-0.05, 0) is 42.8 Å². The van der Waals surface area contributed by atoms with Crippen LogP contribution in [0.2, 0.25) is 5.02 Å². The standard InChI is InChI=1S/C22H20ClF3N2O4S/c1-15(16-6-3-2-4-7-16)27-21(29)14-28(13-18-8-5-11-32-18)33(30,31)20-12-17(22(24,25)26)9-10-19(20)23/h2-12,15H,13-14H2,1H3,(H,27,29). The quantitative estimate of drug-likeness (QED) is 0.471. The third-order valence-electron chi connectivity index (χ3n) is 4.79. The third kappa shape index (κ3) is 6.16. The van der Waals surface area contributed by atoms with E-state index in [4.69, 9.17) is 16.0 Å². The number of nitrogens with zero attached hydrogens (tertiary/aromatic N) is 1. The zero-order valence-corrected chi connectivity index (χ0v) is 18.9. The number of benzene rings is 2. The number of alkyl halides is 3. The normalized spacial score (nSPS) is 13.2. The van der Waals surface area contributed by atoms with Crippen molar-refractivity contribution in [1.82, 2.24) is 9.62 Å². The van der Waals surface area contributed by atoms with E-state index in [1.165, 1.54) is 18.4 Å². The largest absolute Gasteiger partial charge is 0.468 e. The molecule has 33 heavy (non-hydrogen) atoms. The molecule has 1 N–H and O–H groups in total. The highest BCUT2D eigenvalue weighted by Crippen LogP contribution is 2.34. The van der Waals surface area contributed by atoms with Crippen LogP contribution in [-0.4, -0.2) is 25.2 Å². The molecule has 0 aliphatic rings. The zero-order chi connectivity index (χ0) is 24.2. The molecule has 3 aromatic rings. The average Bonchev–Trinajstić information content (AvgIpc) is 3.26. The van der Waals surface area contributed by atoms with Crippen molar-refractivity contribution in [2.45, 2.75) is 30.6 Å². The Morgan fingerprint density at radius 1 is 1.12 bits per heavy atom. The summed E-state index contributed by atoms with van der Waals surface area (Å²) in [4.78, 5) is 11.9. The summed E-state index contributed by atoms with van der Waals surface area (Å²) >= 11 is 5.96. The van der Waals surface area contributed by atoms with Gasteiger partial charge in [-0.25, -0.2) is 8.42 Å². The molecule has 1 atom stereocenters. The molecule has 0 bridgehead atoms. The van der Waals surface area contributed by atoms with Crippen molar-refractivity contribution in [2.75, 3.05) is 6.54 Å². The topological polar surface area (TPSA) is 79.6 Å². The van der Waals surface area contributed by atoms with Crippen molar-refractivity contribution in [3.63, 3.8) is 0 Å². The van der Waals surface area contributed by atoms with E-state index in [1.807, 2.05) is 6.07 Å². The first-order chi connectivity index (χ1) is 15.5. The fourth-order valence-corrected chi connectivity index (χ4v) is 4.95. The molecule has 0 saturated carbocycles. The van der Waals surface area contributed by atoms with Gasteiger partial charge >= 0.3 is 6.18 Å². The van der Waals surface area contributed by atoms with Crippen molar-refractivity contribution in [1.29, 1.82) is 0 Å². The minimum absolute atomic E-state index is 0.200. The Hall–Kier alpha value is -2.82. The molecular weight excluding hydrogens is 481 g/mol. The molecule has 0 aliphatic carbocycles. The molecule has 2 aromatic carbocycles. The smallest absolute Gasteiger partial charge is 0.416 e. The number of hydrogen-bond donors (Lipinski definition) is 1. The second kappa shape index (κ2) is 9.98. The first-order valence-electron chi connectivity index (χ1n) is 9.72. The number of carbonyl (C=O) groups excluding carboxylic acids is 1. The molecule has 11 heteroatoms. The van der Waals surface area contributed by atoms with E-state index >= 15 is 0 Å². The van der Waals surface area contributed by atoms with Crippen molar-refractivity contribution >= 4 is 27.5 Å². The van der Waals surface area contributed by atoms with Gasteiger partial charge in [-0.15, -0.1) is 0 Å². The average molecular weight is 501 g/mol. The monoisotopic (exact) mass is 500 g/mol. The van der Waals surface area contributed by atoms with Crippen LogP contribution >= 0.6 is 11.6 Å². The van der Waals surface area contributed by atoms with Crippen LogP contribution in [0.5, 0.6) is 0 Å². The molecule has 0 fully saturated rings. The van der Waals surface area contributed by atoms with Gasteiger partial charge in [0.25, 0.3) is 0 Å². The van der Waals surface area contributed by atoms with Gasteiger partial charge < -0.3 is 9.73 Å². The molecule has 176 valence electrons. The van der Waals surface area contributed by atoms with Gasteiger partial charge in [0.1, 0.15) is 10.7 Å². The number of halogens is 4. The van der Waals surface area contributed by atoms with Crippen LogP contribution in [0, 0.1) is 0 Å². The molecule has 0 spiro atoms. The summed E-state index contributed by atoms with van der Waals surface area (Å²) in [5, 5.41) is 2.29. The lowest BCUT2D eigenvalue weighted by Gasteiger charge is -2.23. The van der Waals surface area contributed by atoms with E-state index in [0.717, 1.165) is 15.9 Å². The number of amides is 1. The molecule has 1 heterocycles. The summed E-state index contributed by atoms with van der Waals surface area (Å²) in [5.74, 6) is -0.449. The predicted molar refractivity (Wildman–Crippen MR) is 116 cm³/mol. The van der Waals surface area contributed by atoms with Gasteiger partial charge in [-0.3, -0.25) is 4.79 Å². The zero-order valence-electron chi connectivity index (χ0n) is 17.3. The number of sulfonamides is 1. The Morgan fingerprint density at radius 2 is 1.82 bits per heavy atom. The molecule has 1 amide bonds. The second-order valence-electron chi connectivity index (χ2n) is 7.20. The van der Waals surface area contributed by atoms with E-state index in [-0.39, 0.29) is 12.3 Å². The summed E-state index contributed by atoms with van der Waals surface area (Å²) < 4.78 is 72.0. The number of carbonyl (C=O) groups is 1. The van der Waals surface area contributed by atoms with Crippen LogP contribution < -0.4 is 5.32 Å².